The normalized spacial score (nSPS) is 18.7. The van der Waals surface area contributed by atoms with Crippen molar-refractivity contribution in [2.45, 2.75) is 88.1 Å². The Balaban J connectivity index is 0.00000316. The van der Waals surface area contributed by atoms with Crippen LogP contribution in [0.4, 0.5) is 5.69 Å². The second kappa shape index (κ2) is 14.5. The van der Waals surface area contributed by atoms with Gasteiger partial charge in [-0.25, -0.2) is 0 Å². The maximum Gasteiger partial charge on any atom is 0.0805 e. The van der Waals surface area contributed by atoms with Crippen LogP contribution >= 0.6 is 0 Å². The first-order valence-corrected chi connectivity index (χ1v) is 13.1. The molecule has 0 fully saturated rings. The lowest BCUT2D eigenvalue weighted by molar-refractivity contribution is 0.360. The van der Waals surface area contributed by atoms with Crippen LogP contribution in [0.15, 0.2) is 88.1 Å². The lowest BCUT2D eigenvalue weighted by Gasteiger charge is -2.36. The average molecular weight is 488 g/mol. The lowest BCUT2D eigenvalue weighted by atomic mass is 9.71. The highest BCUT2D eigenvalue weighted by molar-refractivity contribution is 5.59. The number of nitrogens with two attached hydrogens (primary N) is 1. The zero-order chi connectivity index (χ0) is 27.5. The van der Waals surface area contributed by atoms with Gasteiger partial charge in [-0.1, -0.05) is 76.3 Å². The summed E-state index contributed by atoms with van der Waals surface area (Å²) in [6.45, 7) is 25.6. The van der Waals surface area contributed by atoms with Gasteiger partial charge in [0.15, 0.2) is 0 Å². The minimum atomic E-state index is 0.151. The predicted octanol–water partition coefficient (Wildman–Crippen LogP) is 9.06. The third-order valence-electron chi connectivity index (χ3n) is 6.73. The van der Waals surface area contributed by atoms with Crippen LogP contribution in [0, 0.1) is 26.2 Å². The highest BCUT2D eigenvalue weighted by Crippen LogP contribution is 2.42. The topological polar surface area (TPSA) is 50.4 Å². The van der Waals surface area contributed by atoms with E-state index in [1.807, 2.05) is 13.8 Å². The molecule has 2 rings (SSSR count). The molecule has 1 aromatic rings. The number of nitrogens with one attached hydrogen (secondary N) is 1. The summed E-state index contributed by atoms with van der Waals surface area (Å²) in [6, 6.07) is 4.59. The van der Waals surface area contributed by atoms with Crippen molar-refractivity contribution in [2.24, 2.45) is 16.1 Å². The Morgan fingerprint density at radius 3 is 2.31 bits per heavy atom. The van der Waals surface area contributed by atoms with Gasteiger partial charge in [-0.2, -0.15) is 0 Å². The molecule has 0 spiro atoms. The molecule has 3 nitrogen and oxygen atoms in total. The van der Waals surface area contributed by atoms with Gasteiger partial charge in [0.1, 0.15) is 0 Å². The first-order valence-electron chi connectivity index (χ1n) is 13.1. The molecule has 0 saturated heterocycles. The Morgan fingerprint density at radius 1 is 1.03 bits per heavy atom. The summed E-state index contributed by atoms with van der Waals surface area (Å²) in [7, 11) is 0. The molecule has 196 valence electrons. The number of aryl methyl sites for hydroxylation is 3. The van der Waals surface area contributed by atoms with Crippen LogP contribution in [0.25, 0.3) is 0 Å². The van der Waals surface area contributed by atoms with E-state index in [0.29, 0.717) is 0 Å². The molecule has 0 radical (unpaired) electrons. The number of hydrogen-bond acceptors (Lipinski definition) is 2. The molecule has 3 heteroatoms. The number of aliphatic imine (C=N–C) groups is 1. The van der Waals surface area contributed by atoms with Crippen LogP contribution in [0.1, 0.15) is 78.0 Å². The third kappa shape index (κ3) is 9.18. The van der Waals surface area contributed by atoms with Gasteiger partial charge in [-0.3, -0.25) is 4.99 Å². The Hall–Kier alpha value is -3.07. The minimum absolute atomic E-state index is 0.151. The van der Waals surface area contributed by atoms with E-state index >= 15 is 0 Å². The number of rotatable bonds is 8. The van der Waals surface area contributed by atoms with E-state index in [2.05, 4.69) is 121 Å². The highest BCUT2D eigenvalue weighted by Gasteiger charge is 2.31. The number of allylic oxidation sites excluding steroid dienone is 9. The summed E-state index contributed by atoms with van der Waals surface area (Å²) < 4.78 is 0. The van der Waals surface area contributed by atoms with Crippen molar-refractivity contribution in [3.05, 3.63) is 99.8 Å². The van der Waals surface area contributed by atoms with Crippen LogP contribution in [-0.2, 0) is 0 Å². The molecule has 1 atom stereocenters. The monoisotopic (exact) mass is 487 g/mol. The number of anilines is 1. The summed E-state index contributed by atoms with van der Waals surface area (Å²) in [4.78, 5) is 4.46. The molecule has 0 aliphatic heterocycles. The smallest absolute Gasteiger partial charge is 0.0805 e. The molecule has 1 aromatic carbocycles. The zero-order valence-corrected chi connectivity index (χ0v) is 24.4. The van der Waals surface area contributed by atoms with Crippen LogP contribution in [0.2, 0.25) is 0 Å². The molecule has 1 unspecified atom stereocenters. The van der Waals surface area contributed by atoms with Crippen LogP contribution in [0.3, 0.4) is 0 Å². The molecule has 1 aliphatic carbocycles. The standard InChI is InChI=1S/C31H43N3.C2H6/c1-21(13-14-28-27(7)29(33-20-32)15-16-31(28,8)9)11-10-12-22(2)17-26(6)34-30-19-24(4)23(3)18-25(30)5;1-2/h10-14,17-20,29,34H,6,15-16H2,1-5,7-9H3,(H2,32,33);1-2H3/b12-10+,14-13+,21-11+,22-17+;. The van der Waals surface area contributed by atoms with Gasteiger partial charge in [0.25, 0.3) is 0 Å². The van der Waals surface area contributed by atoms with E-state index in [1.54, 1.807) is 0 Å². The van der Waals surface area contributed by atoms with Gasteiger partial charge in [0.05, 0.1) is 12.4 Å². The van der Waals surface area contributed by atoms with Gasteiger partial charge in [-0.15, -0.1) is 0 Å². The fourth-order valence-electron chi connectivity index (χ4n) is 4.46. The predicted molar refractivity (Wildman–Crippen MR) is 163 cm³/mol. The molecular formula is C33H49N3. The van der Waals surface area contributed by atoms with Gasteiger partial charge in [0, 0.05) is 11.4 Å². The third-order valence-corrected chi connectivity index (χ3v) is 6.73. The van der Waals surface area contributed by atoms with Crippen molar-refractivity contribution in [1.82, 2.24) is 0 Å². The number of benzene rings is 1. The van der Waals surface area contributed by atoms with Crippen LogP contribution in [0.5, 0.6) is 0 Å². The Kier molecular flexibility index (Phi) is 12.5. The average Bonchev–Trinajstić information content (AvgIpc) is 2.80. The quantitative estimate of drug-likeness (QED) is 0.218. The summed E-state index contributed by atoms with van der Waals surface area (Å²) in [6.07, 6.45) is 16.5. The van der Waals surface area contributed by atoms with E-state index in [-0.39, 0.29) is 11.5 Å². The first-order chi connectivity index (χ1) is 16.9. The van der Waals surface area contributed by atoms with Crippen molar-refractivity contribution in [3.63, 3.8) is 0 Å². The molecule has 0 aromatic heterocycles. The number of hydrogen-bond donors (Lipinski definition) is 2. The number of nitrogens with zero attached hydrogens (tertiary/aromatic N) is 1. The molecule has 0 bridgehead atoms. The van der Waals surface area contributed by atoms with Gasteiger partial charge in [-0.05, 0) is 105 Å². The SMILES string of the molecule is C=C(/C=C(C)/C=C/C=C(C)/C=C/C1=C(C)C(N=CN)CCC1(C)C)Nc1cc(C)c(C)cc1C.CC. The summed E-state index contributed by atoms with van der Waals surface area (Å²) in [5.41, 5.74) is 16.5. The molecular weight excluding hydrogens is 438 g/mol. The van der Waals surface area contributed by atoms with Gasteiger partial charge < -0.3 is 11.1 Å². The van der Waals surface area contributed by atoms with Crippen LogP contribution < -0.4 is 11.1 Å². The van der Waals surface area contributed by atoms with E-state index in [9.17, 15) is 0 Å². The first kappa shape index (κ1) is 31.0. The Morgan fingerprint density at radius 2 is 1.67 bits per heavy atom. The largest absolute Gasteiger partial charge is 0.390 e. The van der Waals surface area contributed by atoms with E-state index in [1.165, 1.54) is 39.7 Å². The van der Waals surface area contributed by atoms with Gasteiger partial charge >= 0.3 is 0 Å². The molecule has 36 heavy (non-hydrogen) atoms. The Bertz CT molecular complexity index is 1090. The molecule has 0 saturated carbocycles. The minimum Gasteiger partial charge on any atom is -0.390 e. The van der Waals surface area contributed by atoms with Crippen molar-refractivity contribution in [1.29, 1.82) is 0 Å². The van der Waals surface area contributed by atoms with Gasteiger partial charge in [0.2, 0.25) is 0 Å². The zero-order valence-electron chi connectivity index (χ0n) is 24.4. The summed E-state index contributed by atoms with van der Waals surface area (Å²) >= 11 is 0. The molecule has 3 N–H and O–H groups in total. The van der Waals surface area contributed by atoms with E-state index in [4.69, 9.17) is 5.73 Å². The fraction of sp³-hybridized carbons (Fsp3) is 0.424. The van der Waals surface area contributed by atoms with Crippen molar-refractivity contribution in [2.75, 3.05) is 5.32 Å². The maximum absolute atomic E-state index is 5.56. The maximum atomic E-state index is 5.56. The molecule has 0 amide bonds. The van der Waals surface area contributed by atoms with Crippen molar-refractivity contribution in [3.8, 4) is 0 Å². The second-order valence-electron chi connectivity index (χ2n) is 10.2. The van der Waals surface area contributed by atoms with Crippen molar-refractivity contribution >= 4 is 12.0 Å². The van der Waals surface area contributed by atoms with Crippen LogP contribution in [-0.4, -0.2) is 12.4 Å². The fourth-order valence-corrected chi connectivity index (χ4v) is 4.46. The second-order valence-corrected chi connectivity index (χ2v) is 10.2. The lowest BCUT2D eigenvalue weighted by Crippen LogP contribution is -2.26. The Labute approximate surface area is 221 Å². The summed E-state index contributed by atoms with van der Waals surface area (Å²) in [5, 5.41) is 3.44. The molecule has 0 heterocycles. The van der Waals surface area contributed by atoms with E-state index < -0.39 is 0 Å². The highest BCUT2D eigenvalue weighted by atomic mass is 14.9. The van der Waals surface area contributed by atoms with E-state index in [0.717, 1.165) is 29.8 Å². The summed E-state index contributed by atoms with van der Waals surface area (Å²) in [5.74, 6) is 0. The molecule has 1 aliphatic rings. The van der Waals surface area contributed by atoms with Crippen molar-refractivity contribution < 1.29 is 0 Å².